The minimum absolute atomic E-state index is 0.137. The molecule has 0 radical (unpaired) electrons. The Labute approximate surface area is 120 Å². The van der Waals surface area contributed by atoms with Gasteiger partial charge in [0.15, 0.2) is 0 Å². The van der Waals surface area contributed by atoms with Crippen molar-refractivity contribution in [2.75, 3.05) is 12.4 Å². The third kappa shape index (κ3) is 2.01. The van der Waals surface area contributed by atoms with Gasteiger partial charge in [0.25, 0.3) is 5.69 Å². The molecule has 110 valence electrons. The van der Waals surface area contributed by atoms with E-state index in [1.165, 1.54) is 13.2 Å². The molecule has 0 bridgehead atoms. The lowest BCUT2D eigenvalue weighted by Crippen LogP contribution is -2.42. The van der Waals surface area contributed by atoms with Crippen LogP contribution in [0.25, 0.3) is 0 Å². The van der Waals surface area contributed by atoms with Gasteiger partial charge in [0.2, 0.25) is 0 Å². The van der Waals surface area contributed by atoms with Crippen molar-refractivity contribution < 1.29 is 19.6 Å². The Morgan fingerprint density at radius 2 is 2.29 bits per heavy atom. The van der Waals surface area contributed by atoms with Crippen molar-refractivity contribution in [2.24, 2.45) is 5.92 Å². The van der Waals surface area contributed by atoms with Crippen molar-refractivity contribution in [3.63, 3.8) is 0 Å². The Balaban J connectivity index is 2.19. The third-order valence-corrected chi connectivity index (χ3v) is 4.12. The van der Waals surface area contributed by atoms with Crippen molar-refractivity contribution >= 4 is 17.3 Å². The van der Waals surface area contributed by atoms with E-state index in [0.29, 0.717) is 12.2 Å². The fraction of sp³-hybridized carbons (Fsp3) is 0.357. The first-order valence-corrected chi connectivity index (χ1v) is 6.55. The number of nitro groups is 1. The number of hydrogen-bond donors (Lipinski definition) is 2. The molecule has 1 aliphatic heterocycles. The van der Waals surface area contributed by atoms with E-state index in [-0.39, 0.29) is 23.2 Å². The second kappa shape index (κ2) is 4.76. The number of nitrogens with one attached hydrogen (secondary N) is 1. The molecule has 1 heterocycles. The molecule has 7 nitrogen and oxygen atoms in total. The Hall–Kier alpha value is -2.57. The summed E-state index contributed by atoms with van der Waals surface area (Å²) in [5, 5.41) is 23.4. The number of carboxylic acids is 1. The molecular formula is C14H14N2O5. The van der Waals surface area contributed by atoms with Crippen LogP contribution < -0.4 is 10.1 Å². The number of allylic oxidation sites excluding steroid dienone is 2. The quantitative estimate of drug-likeness (QED) is 0.502. The molecule has 2 N–H and O–H groups in total. The summed E-state index contributed by atoms with van der Waals surface area (Å²) in [6.07, 6.45) is 4.48. The van der Waals surface area contributed by atoms with Crippen molar-refractivity contribution in [1.29, 1.82) is 0 Å². The van der Waals surface area contributed by atoms with Gasteiger partial charge in [-0.3, -0.25) is 10.1 Å². The van der Waals surface area contributed by atoms with Crippen molar-refractivity contribution in [3.05, 3.63) is 40.0 Å². The number of carbonyl (C=O) groups is 1. The lowest BCUT2D eigenvalue weighted by molar-refractivity contribution is -0.384. The smallest absolute Gasteiger partial charge is 0.326 e. The first-order chi connectivity index (χ1) is 10.0. The van der Waals surface area contributed by atoms with Crippen molar-refractivity contribution in [1.82, 2.24) is 0 Å². The van der Waals surface area contributed by atoms with Crippen LogP contribution in [0, 0.1) is 16.0 Å². The second-order valence-electron chi connectivity index (χ2n) is 5.18. The van der Waals surface area contributed by atoms with Crippen LogP contribution in [0.5, 0.6) is 5.75 Å². The molecule has 1 aromatic rings. The number of nitrogens with zero attached hydrogens (tertiary/aromatic N) is 1. The van der Waals surface area contributed by atoms with Crippen LogP contribution in [-0.4, -0.2) is 29.2 Å². The van der Waals surface area contributed by atoms with Gasteiger partial charge < -0.3 is 15.2 Å². The average molecular weight is 290 g/mol. The zero-order valence-corrected chi connectivity index (χ0v) is 11.3. The minimum Gasteiger partial charge on any atom is -0.496 e. The van der Waals surface area contributed by atoms with Gasteiger partial charge in [-0.15, -0.1) is 0 Å². The fourth-order valence-electron chi connectivity index (χ4n) is 3.16. The number of methoxy groups -OCH3 is 1. The van der Waals surface area contributed by atoms with E-state index in [1.54, 1.807) is 6.07 Å². The van der Waals surface area contributed by atoms with Crippen LogP contribution >= 0.6 is 0 Å². The van der Waals surface area contributed by atoms with E-state index in [2.05, 4.69) is 5.32 Å². The summed E-state index contributed by atoms with van der Waals surface area (Å²) in [4.78, 5) is 22.2. The number of anilines is 1. The summed E-state index contributed by atoms with van der Waals surface area (Å²) in [6.45, 7) is 0. The highest BCUT2D eigenvalue weighted by Crippen LogP contribution is 2.49. The molecule has 3 atom stereocenters. The van der Waals surface area contributed by atoms with Crippen LogP contribution in [0.4, 0.5) is 11.4 Å². The van der Waals surface area contributed by atoms with Crippen molar-refractivity contribution in [2.45, 2.75) is 18.4 Å². The Morgan fingerprint density at radius 3 is 2.90 bits per heavy atom. The Morgan fingerprint density at radius 1 is 1.52 bits per heavy atom. The maximum absolute atomic E-state index is 11.4. The van der Waals surface area contributed by atoms with E-state index in [0.717, 1.165) is 5.56 Å². The number of aliphatic carboxylic acids is 1. The van der Waals surface area contributed by atoms with Gasteiger partial charge >= 0.3 is 5.97 Å². The monoisotopic (exact) mass is 290 g/mol. The van der Waals surface area contributed by atoms with Gasteiger partial charge in [0.1, 0.15) is 17.5 Å². The highest BCUT2D eigenvalue weighted by atomic mass is 16.6. The molecule has 7 heteroatoms. The third-order valence-electron chi connectivity index (χ3n) is 4.12. The fourth-order valence-corrected chi connectivity index (χ4v) is 3.16. The first-order valence-electron chi connectivity index (χ1n) is 6.55. The van der Waals surface area contributed by atoms with Gasteiger partial charge in [0.05, 0.1) is 18.1 Å². The number of hydrogen-bond acceptors (Lipinski definition) is 5. The molecule has 1 aliphatic carbocycles. The summed E-state index contributed by atoms with van der Waals surface area (Å²) >= 11 is 0. The van der Waals surface area contributed by atoms with Crippen LogP contribution in [0.15, 0.2) is 24.3 Å². The Bertz CT molecular complexity index is 655. The molecular weight excluding hydrogens is 276 g/mol. The molecule has 3 rings (SSSR count). The van der Waals surface area contributed by atoms with Gasteiger partial charge in [-0.1, -0.05) is 12.2 Å². The maximum atomic E-state index is 11.4. The molecule has 1 aromatic carbocycles. The van der Waals surface area contributed by atoms with E-state index in [9.17, 15) is 20.0 Å². The summed E-state index contributed by atoms with van der Waals surface area (Å²) in [5.41, 5.74) is 0.840. The summed E-state index contributed by atoms with van der Waals surface area (Å²) in [7, 11) is 1.45. The van der Waals surface area contributed by atoms with Gasteiger partial charge in [0, 0.05) is 11.8 Å². The SMILES string of the molecule is COc1cc2c(c([N+](=O)[O-])c1)N[C@@H](C(=O)O)[C@H]1CC=C[C@H]21. The van der Waals surface area contributed by atoms with Gasteiger partial charge in [-0.2, -0.15) is 0 Å². The first kappa shape index (κ1) is 13.4. The largest absolute Gasteiger partial charge is 0.496 e. The molecule has 0 aromatic heterocycles. The van der Waals surface area contributed by atoms with Gasteiger partial charge in [-0.25, -0.2) is 4.79 Å². The lowest BCUT2D eigenvalue weighted by Gasteiger charge is -2.34. The zero-order chi connectivity index (χ0) is 15.1. The normalized spacial score (nSPS) is 25.7. The molecule has 0 amide bonds. The molecule has 21 heavy (non-hydrogen) atoms. The number of benzene rings is 1. The van der Waals surface area contributed by atoms with Crippen LogP contribution in [0.1, 0.15) is 17.9 Å². The van der Waals surface area contributed by atoms with E-state index < -0.39 is 16.9 Å². The molecule has 0 unspecified atom stereocenters. The average Bonchev–Trinajstić information content (AvgIpc) is 2.94. The molecule has 2 aliphatic rings. The maximum Gasteiger partial charge on any atom is 0.326 e. The number of rotatable bonds is 3. The van der Waals surface area contributed by atoms with Crippen LogP contribution in [-0.2, 0) is 4.79 Å². The van der Waals surface area contributed by atoms with Crippen LogP contribution in [0.3, 0.4) is 0 Å². The van der Waals surface area contributed by atoms with E-state index in [4.69, 9.17) is 4.74 Å². The predicted octanol–water partition coefficient (Wildman–Crippen LogP) is 2.14. The van der Waals surface area contributed by atoms with E-state index >= 15 is 0 Å². The number of carboxylic acid groups (broad SMARTS) is 1. The zero-order valence-electron chi connectivity index (χ0n) is 11.3. The van der Waals surface area contributed by atoms with Crippen molar-refractivity contribution in [3.8, 4) is 5.75 Å². The summed E-state index contributed by atoms with van der Waals surface area (Å²) < 4.78 is 5.12. The Kier molecular flexibility index (Phi) is 3.04. The topological polar surface area (TPSA) is 102 Å². The summed E-state index contributed by atoms with van der Waals surface area (Å²) in [5.74, 6) is -0.877. The predicted molar refractivity (Wildman–Crippen MR) is 74.7 cm³/mol. The lowest BCUT2D eigenvalue weighted by atomic mass is 9.79. The number of fused-ring (bicyclic) bond motifs is 3. The standard InChI is InChI=1S/C14H14N2O5/c1-21-7-5-10-8-3-2-4-9(8)13(14(17)18)15-12(10)11(6-7)16(19)20/h2-3,5-6,8-9,13,15H,4H2,1H3,(H,17,18)/t8-,9-,13+/m0/s1. The molecule has 0 fully saturated rings. The van der Waals surface area contributed by atoms with E-state index in [1.807, 2.05) is 12.2 Å². The minimum atomic E-state index is -0.996. The highest BCUT2D eigenvalue weighted by Gasteiger charge is 2.43. The number of nitro benzene ring substituents is 1. The second-order valence-corrected chi connectivity index (χ2v) is 5.18. The molecule has 0 saturated heterocycles. The van der Waals surface area contributed by atoms with Crippen LogP contribution in [0.2, 0.25) is 0 Å². The van der Waals surface area contributed by atoms with Gasteiger partial charge in [-0.05, 0) is 18.1 Å². The molecule has 0 spiro atoms. The highest BCUT2D eigenvalue weighted by molar-refractivity contribution is 5.83. The summed E-state index contributed by atoms with van der Waals surface area (Å²) in [6, 6.07) is 2.22. The molecule has 0 saturated carbocycles. The number of ether oxygens (including phenoxy) is 1.